The van der Waals surface area contributed by atoms with E-state index in [1.807, 2.05) is 12.1 Å². The first-order valence-corrected chi connectivity index (χ1v) is 4.78. The molecule has 1 aromatic carbocycles. The molecule has 0 saturated carbocycles. The maximum atomic E-state index is 10.9. The monoisotopic (exact) mass is 253 g/mol. The van der Waals surface area contributed by atoms with Gasteiger partial charge in [-0.15, -0.1) is 0 Å². The van der Waals surface area contributed by atoms with Crippen LogP contribution in [0.5, 0.6) is 5.75 Å². The highest BCUT2D eigenvalue weighted by molar-refractivity contribution is 9.10. The number of hydrogen-bond donors (Lipinski definition) is 0. The van der Waals surface area contributed by atoms with Gasteiger partial charge < -0.3 is 4.74 Å². The highest BCUT2D eigenvalue weighted by Gasteiger charge is 2.01. The van der Waals surface area contributed by atoms with E-state index in [1.54, 1.807) is 18.2 Å². The molecule has 0 amide bonds. The van der Waals surface area contributed by atoms with Crippen molar-refractivity contribution < 1.29 is 9.53 Å². The van der Waals surface area contributed by atoms with Gasteiger partial charge in [-0.3, -0.25) is 4.79 Å². The third-order valence-corrected chi connectivity index (χ3v) is 1.97. The lowest BCUT2D eigenvalue weighted by Crippen LogP contribution is -2.09. The van der Waals surface area contributed by atoms with Crippen molar-refractivity contribution in [3.63, 3.8) is 0 Å². The maximum absolute atomic E-state index is 10.9. The Morgan fingerprint density at radius 2 is 2.36 bits per heavy atom. The SMILES string of the molecule is N#CCC(=O)COc1cccc(Br)c1. The van der Waals surface area contributed by atoms with Crippen molar-refractivity contribution in [3.8, 4) is 11.8 Å². The zero-order valence-electron chi connectivity index (χ0n) is 7.37. The van der Waals surface area contributed by atoms with Crippen LogP contribution in [0.25, 0.3) is 0 Å². The minimum atomic E-state index is -0.215. The van der Waals surface area contributed by atoms with E-state index in [0.29, 0.717) is 5.75 Å². The van der Waals surface area contributed by atoms with Crippen LogP contribution in [0.4, 0.5) is 0 Å². The van der Waals surface area contributed by atoms with Gasteiger partial charge in [0.1, 0.15) is 12.4 Å². The van der Waals surface area contributed by atoms with E-state index >= 15 is 0 Å². The average Bonchev–Trinajstić information content (AvgIpc) is 2.15. The average molecular weight is 254 g/mol. The summed E-state index contributed by atoms with van der Waals surface area (Å²) in [6, 6.07) is 8.97. The van der Waals surface area contributed by atoms with Crippen LogP contribution in [0, 0.1) is 11.3 Å². The maximum Gasteiger partial charge on any atom is 0.184 e. The van der Waals surface area contributed by atoms with Crippen LogP contribution >= 0.6 is 15.9 Å². The molecule has 1 aromatic rings. The molecular formula is C10H8BrNO2. The Labute approximate surface area is 90.4 Å². The first-order chi connectivity index (χ1) is 6.72. The number of hydrogen-bond acceptors (Lipinski definition) is 3. The highest BCUT2D eigenvalue weighted by Crippen LogP contribution is 2.17. The number of benzene rings is 1. The quantitative estimate of drug-likeness (QED) is 0.828. The summed E-state index contributed by atoms with van der Waals surface area (Å²) in [6.45, 7) is -0.0516. The molecule has 0 aliphatic carbocycles. The molecule has 3 nitrogen and oxygen atoms in total. The second-order valence-corrected chi connectivity index (χ2v) is 3.54. The van der Waals surface area contributed by atoms with Crippen LogP contribution in [0.15, 0.2) is 28.7 Å². The zero-order valence-corrected chi connectivity index (χ0v) is 8.95. The first kappa shape index (κ1) is 10.7. The summed E-state index contributed by atoms with van der Waals surface area (Å²) in [5.41, 5.74) is 0. The van der Waals surface area contributed by atoms with Crippen molar-refractivity contribution in [3.05, 3.63) is 28.7 Å². The Morgan fingerprint density at radius 1 is 1.57 bits per heavy atom. The van der Waals surface area contributed by atoms with E-state index < -0.39 is 0 Å². The van der Waals surface area contributed by atoms with Gasteiger partial charge in [0.15, 0.2) is 5.78 Å². The van der Waals surface area contributed by atoms with Crippen molar-refractivity contribution in [2.45, 2.75) is 6.42 Å². The van der Waals surface area contributed by atoms with E-state index in [2.05, 4.69) is 15.9 Å². The molecule has 0 aliphatic heterocycles. The minimum Gasteiger partial charge on any atom is -0.486 e. The van der Waals surface area contributed by atoms with Crippen LogP contribution in [-0.2, 0) is 4.79 Å². The number of nitriles is 1. The smallest absolute Gasteiger partial charge is 0.184 e. The van der Waals surface area contributed by atoms with Crippen molar-refractivity contribution in [1.29, 1.82) is 5.26 Å². The lowest BCUT2D eigenvalue weighted by molar-refractivity contribution is -0.120. The third-order valence-electron chi connectivity index (χ3n) is 1.47. The summed E-state index contributed by atoms with van der Waals surface area (Å²) in [5, 5.41) is 8.24. The molecule has 0 radical (unpaired) electrons. The van der Waals surface area contributed by atoms with Gasteiger partial charge in [0.25, 0.3) is 0 Å². The van der Waals surface area contributed by atoms with E-state index in [0.717, 1.165) is 4.47 Å². The normalized spacial score (nSPS) is 9.14. The van der Waals surface area contributed by atoms with Crippen LogP contribution in [0.1, 0.15) is 6.42 Å². The van der Waals surface area contributed by atoms with Gasteiger partial charge in [-0.05, 0) is 18.2 Å². The standard InChI is InChI=1S/C10H8BrNO2/c11-8-2-1-3-10(6-8)14-7-9(13)4-5-12/h1-3,6H,4,7H2. The van der Waals surface area contributed by atoms with Crippen molar-refractivity contribution in [2.75, 3.05) is 6.61 Å². The number of nitrogens with zero attached hydrogens (tertiary/aromatic N) is 1. The van der Waals surface area contributed by atoms with E-state index in [1.165, 1.54) is 0 Å². The van der Waals surface area contributed by atoms with Crippen molar-refractivity contribution in [1.82, 2.24) is 0 Å². The Morgan fingerprint density at radius 3 is 3.00 bits per heavy atom. The molecule has 1 rings (SSSR count). The van der Waals surface area contributed by atoms with Gasteiger partial charge in [0, 0.05) is 4.47 Å². The van der Waals surface area contributed by atoms with Gasteiger partial charge in [-0.2, -0.15) is 5.26 Å². The molecule has 0 fully saturated rings. The van der Waals surface area contributed by atoms with Crippen LogP contribution < -0.4 is 4.74 Å². The summed E-state index contributed by atoms with van der Waals surface area (Å²) >= 11 is 3.28. The van der Waals surface area contributed by atoms with Gasteiger partial charge >= 0.3 is 0 Å². The fourth-order valence-corrected chi connectivity index (χ4v) is 1.24. The fourth-order valence-electron chi connectivity index (χ4n) is 0.860. The molecule has 0 heterocycles. The summed E-state index contributed by atoms with van der Waals surface area (Å²) in [4.78, 5) is 10.9. The topological polar surface area (TPSA) is 50.1 Å². The van der Waals surface area contributed by atoms with Crippen molar-refractivity contribution in [2.24, 2.45) is 0 Å². The number of carbonyl (C=O) groups is 1. The lowest BCUT2D eigenvalue weighted by atomic mass is 10.3. The number of ether oxygens (including phenoxy) is 1. The molecule has 4 heteroatoms. The molecule has 0 saturated heterocycles. The molecule has 0 unspecified atom stereocenters. The summed E-state index contributed by atoms with van der Waals surface area (Å²) < 4.78 is 6.06. The molecule has 0 N–H and O–H groups in total. The number of ketones is 1. The van der Waals surface area contributed by atoms with E-state index in [4.69, 9.17) is 10.00 Å². The predicted octanol–water partition coefficient (Wildman–Crippen LogP) is 2.31. The summed E-state index contributed by atoms with van der Waals surface area (Å²) in [6.07, 6.45) is -0.103. The molecule has 0 atom stereocenters. The zero-order chi connectivity index (χ0) is 10.4. The van der Waals surface area contributed by atoms with E-state index in [-0.39, 0.29) is 18.8 Å². The molecule has 0 aromatic heterocycles. The van der Waals surface area contributed by atoms with Gasteiger partial charge in [-0.25, -0.2) is 0 Å². The fraction of sp³-hybridized carbons (Fsp3) is 0.200. The molecular weight excluding hydrogens is 246 g/mol. The largest absolute Gasteiger partial charge is 0.486 e. The predicted molar refractivity (Wildman–Crippen MR) is 54.9 cm³/mol. The van der Waals surface area contributed by atoms with Crippen LogP contribution in [0.2, 0.25) is 0 Å². The van der Waals surface area contributed by atoms with Gasteiger partial charge in [-0.1, -0.05) is 22.0 Å². The van der Waals surface area contributed by atoms with Gasteiger partial charge in [0.2, 0.25) is 0 Å². The Hall–Kier alpha value is -1.34. The Balaban J connectivity index is 2.46. The molecule has 0 aliphatic rings. The number of halogens is 1. The molecule has 72 valence electrons. The van der Waals surface area contributed by atoms with Crippen molar-refractivity contribution >= 4 is 21.7 Å². The minimum absolute atomic E-state index is 0.0516. The Bertz CT molecular complexity index is 371. The lowest BCUT2D eigenvalue weighted by Gasteiger charge is -2.03. The third kappa shape index (κ3) is 3.58. The number of Topliss-reactive ketones (excluding diaryl/α,β-unsaturated/α-hetero) is 1. The number of carbonyl (C=O) groups excluding carboxylic acids is 1. The number of rotatable bonds is 4. The van der Waals surface area contributed by atoms with Crippen LogP contribution in [-0.4, -0.2) is 12.4 Å². The second-order valence-electron chi connectivity index (χ2n) is 2.62. The summed E-state index contributed by atoms with van der Waals surface area (Å²) in [5.74, 6) is 0.401. The molecule has 0 bridgehead atoms. The molecule has 0 spiro atoms. The van der Waals surface area contributed by atoms with Gasteiger partial charge in [0.05, 0.1) is 12.5 Å². The molecule has 14 heavy (non-hydrogen) atoms. The van der Waals surface area contributed by atoms with E-state index in [9.17, 15) is 4.79 Å². The van der Waals surface area contributed by atoms with Crippen LogP contribution in [0.3, 0.4) is 0 Å². The summed E-state index contributed by atoms with van der Waals surface area (Å²) in [7, 11) is 0. The highest BCUT2D eigenvalue weighted by atomic mass is 79.9. The second kappa shape index (κ2) is 5.40. The first-order valence-electron chi connectivity index (χ1n) is 3.99. The Kier molecular flexibility index (Phi) is 4.14.